The summed E-state index contributed by atoms with van der Waals surface area (Å²) in [5.41, 5.74) is 4.33. The summed E-state index contributed by atoms with van der Waals surface area (Å²) < 4.78 is 19.2. The summed E-state index contributed by atoms with van der Waals surface area (Å²) in [7, 11) is 0. The van der Waals surface area contributed by atoms with Gasteiger partial charge in [-0.3, -0.25) is 4.99 Å². The maximum atomic E-state index is 13.2. The molecule has 1 aliphatic heterocycles. The van der Waals surface area contributed by atoms with E-state index < -0.39 is 0 Å². The molecule has 0 aromatic heterocycles. The van der Waals surface area contributed by atoms with Crippen LogP contribution in [0.25, 0.3) is 11.1 Å². The van der Waals surface area contributed by atoms with Crippen LogP contribution < -0.4 is 4.74 Å². The Hall–Kier alpha value is -2.16. The van der Waals surface area contributed by atoms with Crippen LogP contribution in [-0.2, 0) is 0 Å². The molecule has 0 radical (unpaired) electrons. The van der Waals surface area contributed by atoms with Crippen LogP contribution in [0.4, 0.5) is 4.39 Å². The van der Waals surface area contributed by atoms with Gasteiger partial charge in [0.2, 0.25) is 0 Å². The van der Waals surface area contributed by atoms with Crippen molar-refractivity contribution >= 4 is 5.71 Å². The second-order valence-electron chi connectivity index (χ2n) is 7.62. The molecule has 0 saturated heterocycles. The van der Waals surface area contributed by atoms with E-state index in [4.69, 9.17) is 9.73 Å². The molecule has 150 valence electrons. The lowest BCUT2D eigenvalue weighted by Crippen LogP contribution is -2.02. The smallest absolute Gasteiger partial charge is 0.128 e. The lowest BCUT2D eigenvalue weighted by molar-refractivity contribution is 0.318. The quantitative estimate of drug-likeness (QED) is 0.421. The van der Waals surface area contributed by atoms with Crippen LogP contribution in [0, 0.1) is 5.82 Å². The van der Waals surface area contributed by atoms with Crippen molar-refractivity contribution in [3.63, 3.8) is 0 Å². The summed E-state index contributed by atoms with van der Waals surface area (Å²) in [5, 5.41) is 0. The van der Waals surface area contributed by atoms with Gasteiger partial charge in [-0.25, -0.2) is 4.39 Å². The number of rotatable bonds is 9. The molecule has 2 aromatic rings. The highest BCUT2D eigenvalue weighted by Gasteiger charge is 2.16. The Bertz CT molecular complexity index is 767. The van der Waals surface area contributed by atoms with Crippen LogP contribution in [0.15, 0.2) is 47.5 Å². The average Bonchev–Trinajstić information content (AvgIpc) is 2.92. The topological polar surface area (TPSA) is 21.6 Å². The minimum Gasteiger partial charge on any atom is -0.493 e. The van der Waals surface area contributed by atoms with E-state index in [1.807, 2.05) is 12.1 Å². The highest BCUT2D eigenvalue weighted by Crippen LogP contribution is 2.31. The average molecular weight is 382 g/mol. The predicted octanol–water partition coefficient (Wildman–Crippen LogP) is 7.21. The van der Waals surface area contributed by atoms with Gasteiger partial charge < -0.3 is 4.74 Å². The molecule has 0 aliphatic carbocycles. The van der Waals surface area contributed by atoms with Crippen molar-refractivity contribution in [1.29, 1.82) is 0 Å². The lowest BCUT2D eigenvalue weighted by Gasteiger charge is -2.11. The molecule has 2 aromatic carbocycles. The number of ether oxygens (including phenoxy) is 1. The zero-order valence-corrected chi connectivity index (χ0v) is 17.1. The van der Waals surface area contributed by atoms with Gasteiger partial charge in [0.15, 0.2) is 0 Å². The second-order valence-corrected chi connectivity index (χ2v) is 7.62. The fraction of sp³-hybridized carbons (Fsp3) is 0.480. The Balaban J connectivity index is 1.63. The molecule has 3 heteroatoms. The van der Waals surface area contributed by atoms with E-state index in [1.165, 1.54) is 62.8 Å². The van der Waals surface area contributed by atoms with E-state index in [0.717, 1.165) is 48.4 Å². The molecule has 0 atom stereocenters. The Morgan fingerprint density at radius 3 is 2.39 bits per heavy atom. The van der Waals surface area contributed by atoms with E-state index in [1.54, 1.807) is 0 Å². The molecule has 1 aliphatic rings. The van der Waals surface area contributed by atoms with Gasteiger partial charge in [0, 0.05) is 17.8 Å². The first kappa shape index (κ1) is 20.6. The van der Waals surface area contributed by atoms with E-state index >= 15 is 0 Å². The molecule has 3 rings (SSSR count). The fourth-order valence-corrected chi connectivity index (χ4v) is 3.71. The van der Waals surface area contributed by atoms with Gasteiger partial charge in [-0.2, -0.15) is 0 Å². The molecular formula is C25H32FNO. The van der Waals surface area contributed by atoms with Crippen LogP contribution in [0.5, 0.6) is 5.75 Å². The summed E-state index contributed by atoms with van der Waals surface area (Å²) in [6, 6.07) is 12.9. The van der Waals surface area contributed by atoms with Crippen LogP contribution in [0.2, 0.25) is 0 Å². The van der Waals surface area contributed by atoms with Gasteiger partial charge in [0.05, 0.1) is 6.61 Å². The third-order valence-electron chi connectivity index (χ3n) is 5.35. The first-order valence-corrected chi connectivity index (χ1v) is 10.8. The molecule has 0 unspecified atom stereocenters. The minimum atomic E-state index is -0.213. The van der Waals surface area contributed by atoms with E-state index in [0.29, 0.717) is 0 Å². The van der Waals surface area contributed by atoms with Crippen LogP contribution in [0.3, 0.4) is 0 Å². The number of nitrogens with zero attached hydrogens (tertiary/aromatic N) is 1. The largest absolute Gasteiger partial charge is 0.493 e. The summed E-state index contributed by atoms with van der Waals surface area (Å²) in [6.07, 6.45) is 11.1. The molecule has 1 heterocycles. The van der Waals surface area contributed by atoms with Crippen LogP contribution in [0.1, 0.15) is 70.3 Å². The zero-order chi connectivity index (χ0) is 19.6. The third kappa shape index (κ3) is 5.92. The third-order valence-corrected chi connectivity index (χ3v) is 5.35. The summed E-state index contributed by atoms with van der Waals surface area (Å²) >= 11 is 0. The van der Waals surface area contributed by atoms with Gasteiger partial charge in [-0.1, -0.05) is 63.6 Å². The Morgan fingerprint density at radius 2 is 1.61 bits per heavy atom. The van der Waals surface area contributed by atoms with Crippen molar-refractivity contribution in [2.75, 3.05) is 13.2 Å². The van der Waals surface area contributed by atoms with Crippen molar-refractivity contribution in [1.82, 2.24) is 0 Å². The van der Waals surface area contributed by atoms with Crippen molar-refractivity contribution in [3.05, 3.63) is 53.8 Å². The Kier molecular flexibility index (Phi) is 8.07. The highest BCUT2D eigenvalue weighted by molar-refractivity contribution is 6.03. The number of hydrogen-bond donors (Lipinski definition) is 0. The number of hydrogen-bond acceptors (Lipinski definition) is 2. The number of unbranched alkanes of at least 4 members (excludes halogenated alkanes) is 6. The van der Waals surface area contributed by atoms with Crippen molar-refractivity contribution in [3.8, 4) is 16.9 Å². The second kappa shape index (κ2) is 11.0. The summed E-state index contributed by atoms with van der Waals surface area (Å²) in [6.45, 7) is 3.88. The van der Waals surface area contributed by atoms with Gasteiger partial charge in [0.25, 0.3) is 0 Å². The Labute approximate surface area is 168 Å². The highest BCUT2D eigenvalue weighted by atomic mass is 19.1. The zero-order valence-electron chi connectivity index (χ0n) is 17.1. The number of halogens is 1. The first-order valence-electron chi connectivity index (χ1n) is 10.8. The maximum absolute atomic E-state index is 13.2. The molecular weight excluding hydrogens is 349 g/mol. The van der Waals surface area contributed by atoms with E-state index in [9.17, 15) is 4.39 Å². The molecule has 2 nitrogen and oxygen atoms in total. The normalized spacial score (nSPS) is 15.1. The number of benzene rings is 2. The van der Waals surface area contributed by atoms with Crippen molar-refractivity contribution in [2.24, 2.45) is 4.99 Å². The standard InChI is InChI=1S/C25H32FNO/c1-2-3-4-5-6-7-8-17-27-24-10-9-18-28-25-19-21(13-16-23(24)25)20-11-14-22(26)15-12-20/h11-16,19H,2-10,17-18H2,1H3. The summed E-state index contributed by atoms with van der Waals surface area (Å²) in [4.78, 5) is 4.92. The van der Waals surface area contributed by atoms with Gasteiger partial charge in [-0.05, 0) is 54.7 Å². The van der Waals surface area contributed by atoms with E-state index in [2.05, 4.69) is 25.1 Å². The van der Waals surface area contributed by atoms with Crippen LogP contribution in [-0.4, -0.2) is 18.9 Å². The van der Waals surface area contributed by atoms with Crippen LogP contribution >= 0.6 is 0 Å². The minimum absolute atomic E-state index is 0.213. The monoisotopic (exact) mass is 381 g/mol. The SMILES string of the molecule is CCCCCCCCCN=C1CCCOc2cc(-c3ccc(F)cc3)ccc21. The first-order chi connectivity index (χ1) is 13.8. The number of aliphatic imine (C=N–C) groups is 1. The maximum Gasteiger partial charge on any atom is 0.128 e. The molecule has 0 N–H and O–H groups in total. The Morgan fingerprint density at radius 1 is 0.893 bits per heavy atom. The molecule has 0 saturated carbocycles. The van der Waals surface area contributed by atoms with Gasteiger partial charge in [-0.15, -0.1) is 0 Å². The molecule has 0 bridgehead atoms. The molecule has 0 amide bonds. The predicted molar refractivity (Wildman–Crippen MR) is 116 cm³/mol. The van der Waals surface area contributed by atoms with Gasteiger partial charge in [0.1, 0.15) is 11.6 Å². The van der Waals surface area contributed by atoms with Crippen molar-refractivity contribution in [2.45, 2.75) is 64.7 Å². The van der Waals surface area contributed by atoms with Crippen molar-refractivity contribution < 1.29 is 9.13 Å². The molecule has 0 spiro atoms. The summed E-state index contributed by atoms with van der Waals surface area (Å²) in [5.74, 6) is 0.687. The molecule has 0 fully saturated rings. The molecule has 28 heavy (non-hydrogen) atoms. The van der Waals surface area contributed by atoms with E-state index in [-0.39, 0.29) is 5.82 Å². The van der Waals surface area contributed by atoms with Gasteiger partial charge >= 0.3 is 0 Å². The lowest BCUT2D eigenvalue weighted by atomic mass is 9.99. The number of fused-ring (bicyclic) bond motifs is 1. The fourth-order valence-electron chi connectivity index (χ4n) is 3.71.